The van der Waals surface area contributed by atoms with E-state index in [0.717, 1.165) is 11.3 Å². The highest BCUT2D eigenvalue weighted by Crippen LogP contribution is 2.38. The summed E-state index contributed by atoms with van der Waals surface area (Å²) in [5.41, 5.74) is 1.42. The molecule has 1 amide bonds. The molecule has 1 N–H and O–H groups in total. The maximum absolute atomic E-state index is 12.5. The van der Waals surface area contributed by atoms with E-state index in [4.69, 9.17) is 14.2 Å². The van der Waals surface area contributed by atoms with Crippen LogP contribution in [-0.2, 0) is 14.3 Å². The molecule has 0 bridgehead atoms. The molecule has 2 aromatic carbocycles. The number of amidine groups is 1. The van der Waals surface area contributed by atoms with Gasteiger partial charge in [-0.15, -0.1) is 0 Å². The second kappa shape index (κ2) is 11.8. The summed E-state index contributed by atoms with van der Waals surface area (Å²) in [6.07, 6.45) is 1.73. The first-order valence-electron chi connectivity index (χ1n) is 10.1. The Labute approximate surface area is 204 Å². The Bertz CT molecular complexity index is 1090. The van der Waals surface area contributed by atoms with E-state index in [2.05, 4.69) is 31.0 Å². The van der Waals surface area contributed by atoms with Crippen LogP contribution >= 0.6 is 27.7 Å². The number of hydrogen-bond donors (Lipinski definition) is 1. The molecule has 2 aromatic rings. The average molecular weight is 535 g/mol. The molecule has 1 fully saturated rings. The van der Waals surface area contributed by atoms with E-state index in [9.17, 15) is 9.59 Å². The summed E-state index contributed by atoms with van der Waals surface area (Å²) in [5, 5.41) is 3.26. The minimum absolute atomic E-state index is 0.246. The molecular weight excluding hydrogens is 512 g/mol. The number of nitrogens with zero attached hydrogens (tertiary/aromatic N) is 1. The third kappa shape index (κ3) is 6.75. The van der Waals surface area contributed by atoms with Crippen LogP contribution in [0.3, 0.4) is 0 Å². The Morgan fingerprint density at radius 3 is 2.52 bits per heavy atom. The molecule has 8 nitrogen and oxygen atoms in total. The molecule has 0 unspecified atom stereocenters. The number of esters is 1. The van der Waals surface area contributed by atoms with Gasteiger partial charge in [-0.05, 0) is 89.6 Å². The van der Waals surface area contributed by atoms with Gasteiger partial charge in [0.15, 0.2) is 23.3 Å². The number of nitrogens with one attached hydrogen (secondary N) is 1. The third-order valence-electron chi connectivity index (χ3n) is 4.22. The van der Waals surface area contributed by atoms with E-state index < -0.39 is 5.97 Å². The lowest BCUT2D eigenvalue weighted by molar-refractivity contribution is -0.142. The molecule has 0 saturated carbocycles. The molecule has 3 rings (SSSR count). The van der Waals surface area contributed by atoms with Crippen LogP contribution in [-0.4, -0.2) is 44.0 Å². The minimum atomic E-state index is -0.506. The van der Waals surface area contributed by atoms with Crippen molar-refractivity contribution >= 4 is 56.5 Å². The van der Waals surface area contributed by atoms with E-state index >= 15 is 0 Å². The first-order chi connectivity index (χ1) is 15.9. The van der Waals surface area contributed by atoms with Crippen LogP contribution in [0.5, 0.6) is 17.2 Å². The van der Waals surface area contributed by atoms with Crippen LogP contribution in [0, 0.1) is 0 Å². The molecule has 1 aliphatic rings. The second-order valence-corrected chi connectivity index (χ2v) is 8.42. The van der Waals surface area contributed by atoms with Crippen molar-refractivity contribution in [1.29, 1.82) is 0 Å². The number of ether oxygens (including phenoxy) is 4. The number of aliphatic imine (C=N–C) groups is 1. The average Bonchev–Trinajstić information content (AvgIpc) is 3.13. The number of halogens is 1. The number of rotatable bonds is 9. The fourth-order valence-electron chi connectivity index (χ4n) is 2.80. The fraction of sp³-hybridized carbons (Fsp3) is 0.261. The Kier molecular flexibility index (Phi) is 8.79. The van der Waals surface area contributed by atoms with Gasteiger partial charge in [-0.3, -0.25) is 4.79 Å². The van der Waals surface area contributed by atoms with Gasteiger partial charge in [-0.25, -0.2) is 9.79 Å². The summed E-state index contributed by atoms with van der Waals surface area (Å²) < 4.78 is 21.8. The van der Waals surface area contributed by atoms with Crippen LogP contribution in [0.25, 0.3) is 6.08 Å². The van der Waals surface area contributed by atoms with Crippen LogP contribution in [0.2, 0.25) is 0 Å². The van der Waals surface area contributed by atoms with Crippen molar-refractivity contribution in [3.63, 3.8) is 0 Å². The van der Waals surface area contributed by atoms with Gasteiger partial charge in [-0.1, -0.05) is 0 Å². The standard InChI is InChI=1S/C23H23BrN2O6S/c1-4-30-16-8-6-15(7-9-16)25-23-26-22(28)19(33-23)12-14-10-17(24)21(18(11-14)31-5-2)32-13-20(27)29-3/h6-12H,4-5,13H2,1-3H3,(H,25,26,28)/b19-12+. The normalized spacial score (nSPS) is 15.5. The topological polar surface area (TPSA) is 95.5 Å². The maximum atomic E-state index is 12.5. The Balaban J connectivity index is 1.80. The molecule has 0 aliphatic carbocycles. The second-order valence-electron chi connectivity index (χ2n) is 6.54. The number of hydrogen-bond acceptors (Lipinski definition) is 8. The number of amides is 1. The summed E-state index contributed by atoms with van der Waals surface area (Å²) in [5.74, 6) is 0.832. The maximum Gasteiger partial charge on any atom is 0.343 e. The van der Waals surface area contributed by atoms with E-state index in [-0.39, 0.29) is 12.5 Å². The van der Waals surface area contributed by atoms with E-state index in [1.807, 2.05) is 38.1 Å². The zero-order chi connectivity index (χ0) is 23.8. The van der Waals surface area contributed by atoms with Crippen molar-refractivity contribution in [2.75, 3.05) is 26.9 Å². The summed E-state index contributed by atoms with van der Waals surface area (Å²) in [6.45, 7) is 4.50. The number of carbonyl (C=O) groups is 2. The summed E-state index contributed by atoms with van der Waals surface area (Å²) in [7, 11) is 1.29. The molecule has 0 radical (unpaired) electrons. The van der Waals surface area contributed by atoms with Crippen LogP contribution < -0.4 is 19.5 Å². The Morgan fingerprint density at radius 2 is 1.85 bits per heavy atom. The summed E-state index contributed by atoms with van der Waals surface area (Å²) >= 11 is 4.69. The molecule has 0 aromatic heterocycles. The highest BCUT2D eigenvalue weighted by Gasteiger charge is 2.24. The predicted octanol–water partition coefficient (Wildman–Crippen LogP) is 4.69. The molecule has 174 valence electrons. The van der Waals surface area contributed by atoms with E-state index in [1.165, 1.54) is 18.9 Å². The van der Waals surface area contributed by atoms with Crippen molar-refractivity contribution < 1.29 is 28.5 Å². The van der Waals surface area contributed by atoms with Gasteiger partial charge in [0.05, 0.1) is 35.4 Å². The van der Waals surface area contributed by atoms with Crippen LogP contribution in [0.1, 0.15) is 19.4 Å². The third-order valence-corrected chi connectivity index (χ3v) is 5.72. The van der Waals surface area contributed by atoms with Gasteiger partial charge in [0.1, 0.15) is 5.75 Å². The summed E-state index contributed by atoms with van der Waals surface area (Å²) in [4.78, 5) is 28.9. The molecule has 1 aliphatic heterocycles. The van der Waals surface area contributed by atoms with Gasteiger partial charge >= 0.3 is 5.97 Å². The van der Waals surface area contributed by atoms with Gasteiger partial charge < -0.3 is 24.3 Å². The zero-order valence-electron chi connectivity index (χ0n) is 18.3. The smallest absolute Gasteiger partial charge is 0.343 e. The first kappa shape index (κ1) is 24.7. The van der Waals surface area contributed by atoms with Crippen LogP contribution in [0.4, 0.5) is 5.69 Å². The number of benzene rings is 2. The zero-order valence-corrected chi connectivity index (χ0v) is 20.7. The van der Waals surface area contributed by atoms with Crippen LogP contribution in [0.15, 0.2) is 50.8 Å². The van der Waals surface area contributed by atoms with E-state index in [0.29, 0.717) is 44.9 Å². The van der Waals surface area contributed by atoms with Gasteiger partial charge in [0, 0.05) is 0 Å². The van der Waals surface area contributed by atoms with Gasteiger partial charge in [-0.2, -0.15) is 0 Å². The SMILES string of the molecule is CCOc1ccc(N=C2NC(=O)/C(=C\c3cc(Br)c(OCC(=O)OC)c(OCC)c3)S2)cc1. The molecule has 0 spiro atoms. The number of carbonyl (C=O) groups excluding carboxylic acids is 2. The molecule has 0 atom stereocenters. The number of methoxy groups -OCH3 is 1. The lowest BCUT2D eigenvalue weighted by Crippen LogP contribution is -2.19. The fourth-order valence-corrected chi connectivity index (χ4v) is 4.21. The van der Waals surface area contributed by atoms with Crippen molar-refractivity contribution in [2.24, 2.45) is 4.99 Å². The molecule has 1 heterocycles. The molecule has 33 heavy (non-hydrogen) atoms. The largest absolute Gasteiger partial charge is 0.494 e. The predicted molar refractivity (Wildman–Crippen MR) is 131 cm³/mol. The Morgan fingerprint density at radius 1 is 1.12 bits per heavy atom. The van der Waals surface area contributed by atoms with E-state index in [1.54, 1.807) is 18.2 Å². The first-order valence-corrected chi connectivity index (χ1v) is 11.7. The lowest BCUT2D eigenvalue weighted by atomic mass is 10.2. The van der Waals surface area contributed by atoms with Crippen molar-refractivity contribution in [3.8, 4) is 17.2 Å². The van der Waals surface area contributed by atoms with Gasteiger partial charge in [0.2, 0.25) is 0 Å². The van der Waals surface area contributed by atoms with Crippen molar-refractivity contribution in [3.05, 3.63) is 51.3 Å². The molecule has 10 heteroatoms. The van der Waals surface area contributed by atoms with Crippen molar-refractivity contribution in [1.82, 2.24) is 5.32 Å². The minimum Gasteiger partial charge on any atom is -0.494 e. The number of thioether (sulfide) groups is 1. The van der Waals surface area contributed by atoms with Gasteiger partial charge in [0.25, 0.3) is 5.91 Å². The quantitative estimate of drug-likeness (QED) is 0.368. The highest BCUT2D eigenvalue weighted by atomic mass is 79.9. The molecule has 1 saturated heterocycles. The lowest BCUT2D eigenvalue weighted by Gasteiger charge is -2.14. The van der Waals surface area contributed by atoms with Crippen molar-refractivity contribution in [2.45, 2.75) is 13.8 Å². The molecular formula is C23H23BrN2O6S. The monoisotopic (exact) mass is 534 g/mol. The summed E-state index contributed by atoms with van der Waals surface area (Å²) in [6, 6.07) is 10.8. The Hall–Kier alpha value is -2.98. The highest BCUT2D eigenvalue weighted by molar-refractivity contribution is 9.10.